The molecule has 2 aromatic carbocycles. The van der Waals surface area contributed by atoms with Gasteiger partial charge in [0.15, 0.2) is 0 Å². The van der Waals surface area contributed by atoms with Crippen molar-refractivity contribution < 1.29 is 27.6 Å². The van der Waals surface area contributed by atoms with E-state index < -0.39 is 29.1 Å². The van der Waals surface area contributed by atoms with E-state index in [0.29, 0.717) is 48.7 Å². The molecule has 0 N–H and O–H groups in total. The zero-order valence-corrected chi connectivity index (χ0v) is 22.5. The maximum atomic E-state index is 13.4. The standard InChI is InChI=1S/C30H28F3N5O3/c1-20-25(29(41)38(27(20)39)24-11-10-23(19-35)26(17-24)30(31,32)33)5-3-2-4-12-36-13-15-37(16-14-36)28(40)22-8-6-21(18-34)7-9-22/h6-11,17H,2-5,12-16H2,1H3. The number of piperazine rings is 1. The number of hydrogen-bond acceptors (Lipinski definition) is 6. The predicted molar refractivity (Wildman–Crippen MR) is 143 cm³/mol. The van der Waals surface area contributed by atoms with Crippen LogP contribution in [0.3, 0.4) is 0 Å². The van der Waals surface area contributed by atoms with E-state index in [-0.39, 0.29) is 17.2 Å². The lowest BCUT2D eigenvalue weighted by Crippen LogP contribution is -2.48. The quantitative estimate of drug-likeness (QED) is 0.342. The molecular weight excluding hydrogens is 535 g/mol. The van der Waals surface area contributed by atoms with Gasteiger partial charge in [-0.15, -0.1) is 0 Å². The molecule has 0 saturated carbocycles. The van der Waals surface area contributed by atoms with E-state index in [9.17, 15) is 27.6 Å². The van der Waals surface area contributed by atoms with Gasteiger partial charge < -0.3 is 4.90 Å². The summed E-state index contributed by atoms with van der Waals surface area (Å²) in [6.45, 7) is 4.99. The lowest BCUT2D eigenvalue weighted by Gasteiger charge is -2.34. The fourth-order valence-corrected chi connectivity index (χ4v) is 5.08. The summed E-state index contributed by atoms with van der Waals surface area (Å²) in [5.74, 6) is -1.34. The Morgan fingerprint density at radius 1 is 0.902 bits per heavy atom. The van der Waals surface area contributed by atoms with Crippen LogP contribution in [0.4, 0.5) is 18.9 Å². The Kier molecular flexibility index (Phi) is 8.89. The minimum Gasteiger partial charge on any atom is -0.336 e. The number of unbranched alkanes of at least 4 members (excludes halogenated alkanes) is 2. The molecule has 3 amide bonds. The van der Waals surface area contributed by atoms with Crippen molar-refractivity contribution in [1.82, 2.24) is 9.80 Å². The third kappa shape index (κ3) is 6.47. The van der Waals surface area contributed by atoms with Crippen molar-refractivity contribution >= 4 is 23.4 Å². The van der Waals surface area contributed by atoms with Gasteiger partial charge in [0.05, 0.1) is 34.5 Å². The third-order valence-corrected chi connectivity index (χ3v) is 7.45. The number of carbonyl (C=O) groups excluding carboxylic acids is 3. The normalized spacial score (nSPS) is 16.2. The van der Waals surface area contributed by atoms with Crippen molar-refractivity contribution in [3.8, 4) is 12.1 Å². The number of imide groups is 1. The summed E-state index contributed by atoms with van der Waals surface area (Å²) >= 11 is 0. The summed E-state index contributed by atoms with van der Waals surface area (Å²) in [6.07, 6.45) is -2.19. The first-order valence-corrected chi connectivity index (χ1v) is 13.3. The van der Waals surface area contributed by atoms with Crippen LogP contribution in [0.1, 0.15) is 59.7 Å². The molecule has 11 heteroatoms. The molecular formula is C30H28F3N5O3. The Morgan fingerprint density at radius 3 is 2.20 bits per heavy atom. The predicted octanol–water partition coefficient (Wildman–Crippen LogP) is 4.66. The number of nitriles is 2. The summed E-state index contributed by atoms with van der Waals surface area (Å²) in [7, 11) is 0. The molecule has 0 unspecified atom stereocenters. The fourth-order valence-electron chi connectivity index (χ4n) is 5.08. The summed E-state index contributed by atoms with van der Waals surface area (Å²) < 4.78 is 40.2. The van der Waals surface area contributed by atoms with Gasteiger partial charge in [0, 0.05) is 42.9 Å². The highest BCUT2D eigenvalue weighted by molar-refractivity contribution is 6.32. The van der Waals surface area contributed by atoms with Gasteiger partial charge in [0.25, 0.3) is 17.7 Å². The fraction of sp³-hybridized carbons (Fsp3) is 0.367. The first kappa shape index (κ1) is 29.5. The molecule has 0 atom stereocenters. The monoisotopic (exact) mass is 563 g/mol. The van der Waals surface area contributed by atoms with E-state index in [1.807, 2.05) is 6.07 Å². The number of hydrogen-bond donors (Lipinski definition) is 0. The van der Waals surface area contributed by atoms with Gasteiger partial charge in [-0.05, 0) is 75.2 Å². The van der Waals surface area contributed by atoms with Gasteiger partial charge >= 0.3 is 6.18 Å². The molecule has 0 spiro atoms. The number of alkyl halides is 3. The van der Waals surface area contributed by atoms with E-state index in [0.717, 1.165) is 43.4 Å². The van der Waals surface area contributed by atoms with E-state index in [1.54, 1.807) is 29.2 Å². The second kappa shape index (κ2) is 12.4. The second-order valence-corrected chi connectivity index (χ2v) is 10.0. The average Bonchev–Trinajstić information content (AvgIpc) is 3.18. The number of nitrogens with zero attached hydrogens (tertiary/aromatic N) is 5. The first-order valence-electron chi connectivity index (χ1n) is 13.3. The number of amides is 3. The lowest BCUT2D eigenvalue weighted by atomic mass is 10.0. The van der Waals surface area contributed by atoms with Gasteiger partial charge in [0.2, 0.25) is 0 Å². The molecule has 2 aliphatic rings. The number of rotatable bonds is 8. The van der Waals surface area contributed by atoms with Crippen molar-refractivity contribution in [2.75, 3.05) is 37.6 Å². The highest BCUT2D eigenvalue weighted by atomic mass is 19.4. The summed E-state index contributed by atoms with van der Waals surface area (Å²) in [5.41, 5.74) is -0.407. The molecule has 4 rings (SSSR count). The number of carbonyl (C=O) groups is 3. The van der Waals surface area contributed by atoms with Crippen molar-refractivity contribution in [2.24, 2.45) is 0 Å². The Balaban J connectivity index is 1.24. The molecule has 1 saturated heterocycles. The van der Waals surface area contributed by atoms with Crippen LogP contribution in [0.2, 0.25) is 0 Å². The van der Waals surface area contributed by atoms with E-state index in [1.165, 1.54) is 19.1 Å². The first-order chi connectivity index (χ1) is 19.5. The minimum atomic E-state index is -4.80. The Bertz CT molecular complexity index is 1460. The third-order valence-electron chi connectivity index (χ3n) is 7.45. The maximum Gasteiger partial charge on any atom is 0.417 e. The van der Waals surface area contributed by atoms with E-state index in [4.69, 9.17) is 10.5 Å². The second-order valence-electron chi connectivity index (χ2n) is 10.0. The maximum absolute atomic E-state index is 13.4. The topological polar surface area (TPSA) is 109 Å². The largest absolute Gasteiger partial charge is 0.417 e. The molecule has 0 aromatic heterocycles. The Morgan fingerprint density at radius 2 is 1.59 bits per heavy atom. The lowest BCUT2D eigenvalue weighted by molar-refractivity contribution is -0.138. The van der Waals surface area contributed by atoms with Crippen LogP contribution in [-0.4, -0.2) is 60.2 Å². The number of anilines is 1. The van der Waals surface area contributed by atoms with Gasteiger partial charge in [0.1, 0.15) is 0 Å². The van der Waals surface area contributed by atoms with Gasteiger partial charge in [-0.25, -0.2) is 4.90 Å². The van der Waals surface area contributed by atoms with E-state index >= 15 is 0 Å². The Hall–Kier alpha value is -4.48. The highest BCUT2D eigenvalue weighted by Crippen LogP contribution is 2.37. The molecule has 212 valence electrons. The SMILES string of the molecule is CC1=C(CCCCCN2CCN(C(=O)c3ccc(C#N)cc3)CC2)C(=O)N(c2ccc(C#N)c(C(F)(F)F)c2)C1=O. The summed E-state index contributed by atoms with van der Waals surface area (Å²) in [6, 6.07) is 12.9. The number of halogens is 3. The van der Waals surface area contributed by atoms with Crippen molar-refractivity contribution in [1.29, 1.82) is 10.5 Å². The molecule has 2 heterocycles. The van der Waals surface area contributed by atoms with Crippen LogP contribution in [-0.2, 0) is 15.8 Å². The van der Waals surface area contributed by atoms with Crippen molar-refractivity contribution in [3.05, 3.63) is 75.9 Å². The highest BCUT2D eigenvalue weighted by Gasteiger charge is 2.39. The zero-order chi connectivity index (χ0) is 29.7. The van der Waals surface area contributed by atoms with Gasteiger partial charge in [-0.2, -0.15) is 23.7 Å². The van der Waals surface area contributed by atoms with Gasteiger partial charge in [-0.3, -0.25) is 19.3 Å². The van der Waals surface area contributed by atoms with Crippen molar-refractivity contribution in [2.45, 2.75) is 38.8 Å². The molecule has 41 heavy (non-hydrogen) atoms. The molecule has 1 fully saturated rings. The van der Waals surface area contributed by atoms with Crippen LogP contribution >= 0.6 is 0 Å². The molecule has 8 nitrogen and oxygen atoms in total. The van der Waals surface area contributed by atoms with Crippen LogP contribution in [0.5, 0.6) is 0 Å². The van der Waals surface area contributed by atoms with Crippen LogP contribution in [0.25, 0.3) is 0 Å². The molecule has 2 aromatic rings. The smallest absolute Gasteiger partial charge is 0.336 e. The molecule has 0 bridgehead atoms. The van der Waals surface area contributed by atoms with Crippen LogP contribution < -0.4 is 4.90 Å². The zero-order valence-electron chi connectivity index (χ0n) is 22.5. The van der Waals surface area contributed by atoms with Crippen LogP contribution in [0, 0.1) is 22.7 Å². The summed E-state index contributed by atoms with van der Waals surface area (Å²) in [5, 5.41) is 17.9. The number of benzene rings is 2. The van der Waals surface area contributed by atoms with E-state index in [2.05, 4.69) is 4.90 Å². The summed E-state index contributed by atoms with van der Waals surface area (Å²) in [4.78, 5) is 43.3. The average molecular weight is 564 g/mol. The Labute approximate surface area is 235 Å². The van der Waals surface area contributed by atoms with Gasteiger partial charge in [-0.1, -0.05) is 6.42 Å². The molecule has 0 radical (unpaired) electrons. The molecule has 2 aliphatic heterocycles. The minimum absolute atomic E-state index is 0.0572. The molecule has 0 aliphatic carbocycles. The van der Waals surface area contributed by atoms with Crippen LogP contribution in [0.15, 0.2) is 53.6 Å². The van der Waals surface area contributed by atoms with Crippen molar-refractivity contribution in [3.63, 3.8) is 0 Å².